The molecule has 0 heterocycles. The summed E-state index contributed by atoms with van der Waals surface area (Å²) in [7, 11) is -4.38. The summed E-state index contributed by atoms with van der Waals surface area (Å²) in [6.45, 7) is 4.64. The van der Waals surface area contributed by atoms with Crippen molar-refractivity contribution in [2.45, 2.75) is 43.9 Å². The molecule has 0 aliphatic carbocycles. The molecule has 4 nitrogen and oxygen atoms in total. The second kappa shape index (κ2) is 6.55. The van der Waals surface area contributed by atoms with Crippen molar-refractivity contribution in [3.05, 3.63) is 29.8 Å². The van der Waals surface area contributed by atoms with Crippen LogP contribution in [0.25, 0.3) is 0 Å². The second-order valence-corrected chi connectivity index (χ2v) is 7.22. The zero-order chi connectivity index (χ0) is 17.2. The van der Waals surface area contributed by atoms with Crippen molar-refractivity contribution in [3.63, 3.8) is 0 Å². The average Bonchev–Trinajstić information content (AvgIpc) is 2.43. The molecular formula is C14H20F3NO3S. The van der Waals surface area contributed by atoms with Crippen LogP contribution in [0.1, 0.15) is 32.8 Å². The molecule has 0 bridgehead atoms. The lowest BCUT2D eigenvalue weighted by molar-refractivity contribution is -0.139. The van der Waals surface area contributed by atoms with Gasteiger partial charge in [0, 0.05) is 6.54 Å². The molecule has 0 fully saturated rings. The van der Waals surface area contributed by atoms with E-state index in [1.54, 1.807) is 6.92 Å². The van der Waals surface area contributed by atoms with Gasteiger partial charge in [-0.3, -0.25) is 0 Å². The van der Waals surface area contributed by atoms with Crippen LogP contribution in [-0.2, 0) is 16.2 Å². The number of nitrogens with one attached hydrogen (secondary N) is 1. The van der Waals surface area contributed by atoms with E-state index >= 15 is 0 Å². The van der Waals surface area contributed by atoms with Crippen molar-refractivity contribution < 1.29 is 26.7 Å². The quantitative estimate of drug-likeness (QED) is 0.837. The van der Waals surface area contributed by atoms with Gasteiger partial charge in [-0.2, -0.15) is 13.2 Å². The summed E-state index contributed by atoms with van der Waals surface area (Å²) in [5.41, 5.74) is -2.58. The third-order valence-electron chi connectivity index (χ3n) is 3.78. The van der Waals surface area contributed by atoms with Crippen molar-refractivity contribution in [1.29, 1.82) is 0 Å². The van der Waals surface area contributed by atoms with Crippen LogP contribution in [0.15, 0.2) is 29.2 Å². The summed E-state index contributed by atoms with van der Waals surface area (Å²) < 4.78 is 65.0. The van der Waals surface area contributed by atoms with Gasteiger partial charge in [-0.15, -0.1) is 0 Å². The van der Waals surface area contributed by atoms with E-state index in [0.29, 0.717) is 12.5 Å². The van der Waals surface area contributed by atoms with Gasteiger partial charge in [-0.1, -0.05) is 32.4 Å². The Morgan fingerprint density at radius 3 is 2.32 bits per heavy atom. The Kier molecular flexibility index (Phi) is 5.64. The summed E-state index contributed by atoms with van der Waals surface area (Å²) in [6, 6.07) is 3.94. The van der Waals surface area contributed by atoms with E-state index in [2.05, 4.69) is 4.72 Å². The minimum absolute atomic E-state index is 0.215. The smallest absolute Gasteiger partial charge is 0.389 e. The second-order valence-electron chi connectivity index (χ2n) is 5.48. The lowest BCUT2D eigenvalue weighted by Crippen LogP contribution is -2.45. The topological polar surface area (TPSA) is 66.4 Å². The van der Waals surface area contributed by atoms with Crippen molar-refractivity contribution in [1.82, 2.24) is 4.72 Å². The van der Waals surface area contributed by atoms with Crippen LogP contribution in [0.2, 0.25) is 0 Å². The van der Waals surface area contributed by atoms with Crippen molar-refractivity contribution in [2.75, 3.05) is 6.54 Å². The summed E-state index contributed by atoms with van der Waals surface area (Å²) in [6.07, 6.45) is -4.17. The number of benzene rings is 1. The largest absolute Gasteiger partial charge is 0.417 e. The summed E-state index contributed by atoms with van der Waals surface area (Å²) in [5, 5.41) is 10.2. The molecule has 0 amide bonds. The maximum Gasteiger partial charge on any atom is 0.417 e. The maximum atomic E-state index is 12.9. The van der Waals surface area contributed by atoms with E-state index in [9.17, 15) is 26.7 Å². The molecule has 0 saturated heterocycles. The highest BCUT2D eigenvalue weighted by Gasteiger charge is 2.37. The van der Waals surface area contributed by atoms with E-state index in [-0.39, 0.29) is 12.5 Å². The lowest BCUT2D eigenvalue weighted by atomic mass is 9.89. The van der Waals surface area contributed by atoms with Crippen LogP contribution < -0.4 is 4.72 Å². The molecule has 0 aliphatic heterocycles. The number of hydrogen-bond acceptors (Lipinski definition) is 3. The molecular weight excluding hydrogens is 319 g/mol. The fourth-order valence-corrected chi connectivity index (χ4v) is 3.24. The molecule has 126 valence electrons. The maximum absolute atomic E-state index is 12.9. The first-order chi connectivity index (χ1) is 9.92. The van der Waals surface area contributed by atoms with Crippen LogP contribution in [-0.4, -0.2) is 25.7 Å². The Bertz CT molecular complexity index is 612. The third kappa shape index (κ3) is 4.44. The van der Waals surface area contributed by atoms with Crippen molar-refractivity contribution in [3.8, 4) is 0 Å². The number of alkyl halides is 3. The fraction of sp³-hybridized carbons (Fsp3) is 0.571. The molecule has 2 unspecified atom stereocenters. The highest BCUT2D eigenvalue weighted by atomic mass is 32.2. The fourth-order valence-electron chi connectivity index (χ4n) is 1.87. The van der Waals surface area contributed by atoms with Gasteiger partial charge in [-0.25, -0.2) is 13.1 Å². The number of hydrogen-bond donors (Lipinski definition) is 2. The standard InChI is InChI=1S/C14H20F3NO3S/c1-4-10(2)13(3,19)9-18-22(20,21)12-8-6-5-7-11(12)14(15,16)17/h5-8,10,18-19H,4,9H2,1-3H3. The van der Waals surface area contributed by atoms with Crippen LogP contribution in [0.3, 0.4) is 0 Å². The van der Waals surface area contributed by atoms with E-state index in [1.165, 1.54) is 13.0 Å². The minimum atomic E-state index is -4.77. The molecule has 0 saturated carbocycles. The Balaban J connectivity index is 3.07. The van der Waals surface area contributed by atoms with Gasteiger partial charge >= 0.3 is 6.18 Å². The molecule has 1 aromatic rings. The van der Waals surface area contributed by atoms with Gasteiger partial charge in [0.25, 0.3) is 0 Å². The Hall–Kier alpha value is -1.12. The monoisotopic (exact) mass is 339 g/mol. The summed E-state index contributed by atoms with van der Waals surface area (Å²) in [4.78, 5) is -0.845. The predicted molar refractivity (Wildman–Crippen MR) is 76.7 cm³/mol. The summed E-state index contributed by atoms with van der Waals surface area (Å²) >= 11 is 0. The molecule has 22 heavy (non-hydrogen) atoms. The molecule has 1 rings (SSSR count). The van der Waals surface area contributed by atoms with E-state index in [4.69, 9.17) is 0 Å². The van der Waals surface area contributed by atoms with Gasteiger partial charge in [0.2, 0.25) is 10.0 Å². The normalized spacial score (nSPS) is 17.0. The summed E-state index contributed by atoms with van der Waals surface area (Å²) in [5.74, 6) is -0.215. The van der Waals surface area contributed by atoms with E-state index in [0.717, 1.165) is 12.1 Å². The van der Waals surface area contributed by atoms with Crippen LogP contribution in [0.4, 0.5) is 13.2 Å². The predicted octanol–water partition coefficient (Wildman–Crippen LogP) is 2.78. The van der Waals surface area contributed by atoms with Gasteiger partial charge in [0.1, 0.15) is 0 Å². The molecule has 0 spiro atoms. The van der Waals surface area contributed by atoms with Crippen LogP contribution >= 0.6 is 0 Å². The molecule has 8 heteroatoms. The van der Waals surface area contributed by atoms with Crippen LogP contribution in [0, 0.1) is 5.92 Å². The number of aliphatic hydroxyl groups is 1. The Morgan fingerprint density at radius 2 is 1.82 bits per heavy atom. The van der Waals surface area contributed by atoms with Gasteiger partial charge in [0.15, 0.2) is 0 Å². The zero-order valence-electron chi connectivity index (χ0n) is 12.6. The highest BCUT2D eigenvalue weighted by molar-refractivity contribution is 7.89. The molecule has 0 aromatic heterocycles. The van der Waals surface area contributed by atoms with Crippen molar-refractivity contribution in [2.24, 2.45) is 5.92 Å². The SMILES string of the molecule is CCC(C)C(C)(O)CNS(=O)(=O)c1ccccc1C(F)(F)F. The molecule has 1 aromatic carbocycles. The van der Waals surface area contributed by atoms with Crippen LogP contribution in [0.5, 0.6) is 0 Å². The average molecular weight is 339 g/mol. The third-order valence-corrected chi connectivity index (χ3v) is 5.24. The first-order valence-corrected chi connectivity index (χ1v) is 8.28. The van der Waals surface area contributed by atoms with Gasteiger partial charge in [0.05, 0.1) is 16.1 Å². The lowest BCUT2D eigenvalue weighted by Gasteiger charge is -2.29. The molecule has 2 atom stereocenters. The minimum Gasteiger partial charge on any atom is -0.389 e. The Labute approximate surface area is 128 Å². The number of halogens is 3. The molecule has 0 aliphatic rings. The zero-order valence-corrected chi connectivity index (χ0v) is 13.4. The van der Waals surface area contributed by atoms with E-state index in [1.807, 2.05) is 6.92 Å². The first kappa shape index (κ1) is 18.9. The van der Waals surface area contributed by atoms with Gasteiger partial charge in [-0.05, 0) is 25.0 Å². The number of rotatable bonds is 6. The number of sulfonamides is 1. The highest BCUT2D eigenvalue weighted by Crippen LogP contribution is 2.34. The van der Waals surface area contributed by atoms with Gasteiger partial charge < -0.3 is 5.11 Å². The van der Waals surface area contributed by atoms with E-state index < -0.39 is 32.3 Å². The van der Waals surface area contributed by atoms with Crippen molar-refractivity contribution >= 4 is 10.0 Å². The first-order valence-electron chi connectivity index (χ1n) is 6.80. The molecule has 2 N–H and O–H groups in total. The Morgan fingerprint density at radius 1 is 1.27 bits per heavy atom. The molecule has 0 radical (unpaired) electrons.